The second-order valence-electron chi connectivity index (χ2n) is 6.61. The summed E-state index contributed by atoms with van der Waals surface area (Å²) in [6, 6.07) is 5.74. The molecule has 0 aliphatic heterocycles. The summed E-state index contributed by atoms with van der Waals surface area (Å²) < 4.78 is 41.0. The molecule has 1 heterocycles. The minimum Gasteiger partial charge on any atom is -0.406 e. The predicted molar refractivity (Wildman–Crippen MR) is 99.6 cm³/mol. The maximum Gasteiger partial charge on any atom is 0.573 e. The Labute approximate surface area is 160 Å². The molecular weight excluding hydrogens is 373 g/mol. The van der Waals surface area contributed by atoms with Gasteiger partial charge in [0.2, 0.25) is 0 Å². The fourth-order valence-corrected chi connectivity index (χ4v) is 3.03. The van der Waals surface area contributed by atoms with Gasteiger partial charge in [-0.3, -0.25) is 4.99 Å². The number of aliphatic hydroxyl groups is 1. The highest BCUT2D eigenvalue weighted by molar-refractivity contribution is 5.94. The number of aliphatic hydroxyl groups excluding tert-OH is 1. The van der Waals surface area contributed by atoms with Crippen LogP contribution in [0, 0.1) is 0 Å². The van der Waals surface area contributed by atoms with Gasteiger partial charge in [0.1, 0.15) is 17.4 Å². The number of halogens is 3. The van der Waals surface area contributed by atoms with Crippen molar-refractivity contribution in [2.75, 3.05) is 0 Å². The highest BCUT2D eigenvalue weighted by Gasteiger charge is 2.31. The molecule has 1 fully saturated rings. The van der Waals surface area contributed by atoms with Crippen LogP contribution in [0.4, 0.5) is 13.2 Å². The highest BCUT2D eigenvalue weighted by atomic mass is 19.4. The van der Waals surface area contributed by atoms with Crippen molar-refractivity contribution in [3.63, 3.8) is 0 Å². The Kier molecular flexibility index (Phi) is 6.03. The molecule has 1 aliphatic rings. The normalized spacial score (nSPS) is 21.2. The maximum atomic E-state index is 12.4. The Balaban J connectivity index is 1.65. The minimum atomic E-state index is -4.74. The average Bonchev–Trinajstić information content (AvgIpc) is 3.10. The van der Waals surface area contributed by atoms with E-state index >= 15 is 0 Å². The number of hydrogen-bond acceptors (Lipinski definition) is 4. The lowest BCUT2D eigenvalue weighted by Crippen LogP contribution is -2.23. The van der Waals surface area contributed by atoms with Crippen molar-refractivity contribution in [3.8, 4) is 17.0 Å². The molecule has 6 nitrogen and oxygen atoms in total. The van der Waals surface area contributed by atoms with E-state index in [1.54, 1.807) is 18.2 Å². The first-order chi connectivity index (χ1) is 13.3. The number of imidazole rings is 1. The first-order valence-electron chi connectivity index (χ1n) is 8.89. The van der Waals surface area contributed by atoms with Gasteiger partial charge in [0.05, 0.1) is 24.0 Å². The van der Waals surface area contributed by atoms with E-state index in [1.165, 1.54) is 24.4 Å². The first kappa shape index (κ1) is 19.9. The fraction of sp³-hybridized carbons (Fsp3) is 0.368. The molecule has 4 N–H and O–H groups in total. The standard InChI is InChI=1S/C19H21F3N4O2/c20-19(21,22)28-15-3-1-2-12(10-15)16-11-24-18(26-16)9-8-17(23)25-13-4-6-14(27)7-5-13/h1-3,8-11,13-14,27H,4-7H2,(H2,23,25)(H,24,26)/b9-8-. The lowest BCUT2D eigenvalue weighted by atomic mass is 9.93. The molecule has 28 heavy (non-hydrogen) atoms. The molecule has 9 heteroatoms. The van der Waals surface area contributed by atoms with E-state index in [2.05, 4.69) is 19.7 Å². The molecule has 0 bridgehead atoms. The van der Waals surface area contributed by atoms with Crippen molar-refractivity contribution in [1.82, 2.24) is 9.97 Å². The Bertz CT molecular complexity index is 853. The van der Waals surface area contributed by atoms with Crippen LogP contribution in [0.2, 0.25) is 0 Å². The lowest BCUT2D eigenvalue weighted by molar-refractivity contribution is -0.274. The topological polar surface area (TPSA) is 96.5 Å². The van der Waals surface area contributed by atoms with Crippen LogP contribution in [0.1, 0.15) is 31.5 Å². The number of nitrogens with two attached hydrogens (primary N) is 1. The number of aromatic amines is 1. The van der Waals surface area contributed by atoms with Gasteiger partial charge in [-0.2, -0.15) is 0 Å². The number of amidine groups is 1. The number of H-pyrrole nitrogens is 1. The van der Waals surface area contributed by atoms with Crippen LogP contribution in [0.5, 0.6) is 5.75 Å². The fourth-order valence-electron chi connectivity index (χ4n) is 3.03. The van der Waals surface area contributed by atoms with E-state index < -0.39 is 6.36 Å². The Morgan fingerprint density at radius 2 is 2.04 bits per heavy atom. The molecule has 0 radical (unpaired) electrons. The highest BCUT2D eigenvalue weighted by Crippen LogP contribution is 2.27. The average molecular weight is 394 g/mol. The summed E-state index contributed by atoms with van der Waals surface area (Å²) in [6.07, 6.45) is 2.86. The number of rotatable bonds is 5. The number of aromatic nitrogens is 2. The third kappa shape index (κ3) is 5.85. The molecule has 2 aromatic rings. The van der Waals surface area contributed by atoms with Gasteiger partial charge in [-0.05, 0) is 50.0 Å². The molecule has 0 saturated heterocycles. The summed E-state index contributed by atoms with van der Waals surface area (Å²) in [6.45, 7) is 0. The molecule has 150 valence electrons. The summed E-state index contributed by atoms with van der Waals surface area (Å²) in [4.78, 5) is 11.6. The van der Waals surface area contributed by atoms with Gasteiger partial charge in [0.25, 0.3) is 0 Å². The number of aliphatic imine (C=N–C) groups is 1. The maximum absolute atomic E-state index is 12.4. The number of alkyl halides is 3. The summed E-state index contributed by atoms with van der Waals surface area (Å²) in [5.41, 5.74) is 6.98. The zero-order chi connectivity index (χ0) is 20.1. The first-order valence-corrected chi connectivity index (χ1v) is 8.89. The smallest absolute Gasteiger partial charge is 0.406 e. The lowest BCUT2D eigenvalue weighted by Gasteiger charge is -2.22. The van der Waals surface area contributed by atoms with Crippen molar-refractivity contribution in [2.24, 2.45) is 10.7 Å². The van der Waals surface area contributed by atoms with Gasteiger partial charge in [0.15, 0.2) is 0 Å². The van der Waals surface area contributed by atoms with Crippen molar-refractivity contribution in [1.29, 1.82) is 0 Å². The summed E-state index contributed by atoms with van der Waals surface area (Å²) >= 11 is 0. The van der Waals surface area contributed by atoms with E-state index in [1.807, 2.05) is 0 Å². The predicted octanol–water partition coefficient (Wildman–Crippen LogP) is 3.65. The van der Waals surface area contributed by atoms with Crippen LogP contribution in [-0.2, 0) is 0 Å². The Morgan fingerprint density at radius 1 is 1.29 bits per heavy atom. The molecule has 1 aromatic carbocycles. The van der Waals surface area contributed by atoms with Crippen LogP contribution in [0.25, 0.3) is 17.3 Å². The van der Waals surface area contributed by atoms with E-state index in [0.29, 0.717) is 22.9 Å². The van der Waals surface area contributed by atoms with E-state index in [9.17, 15) is 18.3 Å². The molecule has 0 spiro atoms. The summed E-state index contributed by atoms with van der Waals surface area (Å²) in [5.74, 6) is 0.556. The summed E-state index contributed by atoms with van der Waals surface area (Å²) in [5, 5.41) is 9.51. The van der Waals surface area contributed by atoms with Crippen molar-refractivity contribution in [2.45, 2.75) is 44.2 Å². The third-order valence-electron chi connectivity index (χ3n) is 4.38. The van der Waals surface area contributed by atoms with Gasteiger partial charge in [-0.15, -0.1) is 13.2 Å². The largest absolute Gasteiger partial charge is 0.573 e. The summed E-state index contributed by atoms with van der Waals surface area (Å²) in [7, 11) is 0. The van der Waals surface area contributed by atoms with Crippen LogP contribution in [0.3, 0.4) is 0 Å². The molecule has 3 rings (SSSR count). The number of nitrogens with one attached hydrogen (secondary N) is 1. The quantitative estimate of drug-likeness (QED) is 0.533. The number of nitrogens with zero attached hydrogens (tertiary/aromatic N) is 2. The number of ether oxygens (including phenoxy) is 1. The van der Waals surface area contributed by atoms with Gasteiger partial charge in [0, 0.05) is 5.56 Å². The Morgan fingerprint density at radius 3 is 2.75 bits per heavy atom. The van der Waals surface area contributed by atoms with Gasteiger partial charge in [-0.1, -0.05) is 12.1 Å². The molecular formula is C19H21F3N4O2. The van der Waals surface area contributed by atoms with Crippen LogP contribution >= 0.6 is 0 Å². The van der Waals surface area contributed by atoms with Gasteiger partial charge >= 0.3 is 6.36 Å². The monoisotopic (exact) mass is 394 g/mol. The van der Waals surface area contributed by atoms with Crippen LogP contribution < -0.4 is 10.5 Å². The molecule has 0 unspecified atom stereocenters. The molecule has 1 aliphatic carbocycles. The molecule has 1 aromatic heterocycles. The zero-order valence-corrected chi connectivity index (χ0v) is 15.0. The zero-order valence-electron chi connectivity index (χ0n) is 15.0. The minimum absolute atomic E-state index is 0.108. The second kappa shape index (κ2) is 8.47. The third-order valence-corrected chi connectivity index (χ3v) is 4.38. The van der Waals surface area contributed by atoms with Crippen molar-refractivity contribution >= 4 is 11.9 Å². The molecule has 0 amide bonds. The van der Waals surface area contributed by atoms with E-state index in [0.717, 1.165) is 25.7 Å². The second-order valence-corrected chi connectivity index (χ2v) is 6.61. The van der Waals surface area contributed by atoms with Crippen molar-refractivity contribution in [3.05, 3.63) is 42.4 Å². The van der Waals surface area contributed by atoms with Crippen LogP contribution in [0.15, 0.2) is 41.5 Å². The number of hydrogen-bond donors (Lipinski definition) is 3. The van der Waals surface area contributed by atoms with E-state index in [-0.39, 0.29) is 17.9 Å². The molecule has 0 atom stereocenters. The van der Waals surface area contributed by atoms with Crippen LogP contribution in [-0.4, -0.2) is 39.4 Å². The Hall–Kier alpha value is -2.81. The number of benzene rings is 1. The van der Waals surface area contributed by atoms with Crippen molar-refractivity contribution < 1.29 is 23.0 Å². The van der Waals surface area contributed by atoms with E-state index in [4.69, 9.17) is 5.73 Å². The van der Waals surface area contributed by atoms with Gasteiger partial charge < -0.3 is 20.6 Å². The SMILES string of the molecule is NC(/C=C\c1ncc(-c2cccc(OC(F)(F)F)c2)[nH]1)=NC1CCC(O)CC1. The molecule has 1 saturated carbocycles. The van der Waals surface area contributed by atoms with Gasteiger partial charge in [-0.25, -0.2) is 4.98 Å².